The maximum absolute atomic E-state index is 12.2. The number of methoxy groups -OCH3 is 1. The van der Waals surface area contributed by atoms with Gasteiger partial charge in [-0.3, -0.25) is 9.69 Å². The maximum Gasteiger partial charge on any atom is 0.189 e. The minimum Gasteiger partial charge on any atom is -0.497 e. The van der Waals surface area contributed by atoms with Crippen molar-refractivity contribution in [2.45, 2.75) is 6.67 Å². The third-order valence-corrected chi connectivity index (χ3v) is 5.75. The van der Waals surface area contributed by atoms with Gasteiger partial charge >= 0.3 is 0 Å². The first-order chi connectivity index (χ1) is 13.2. The van der Waals surface area contributed by atoms with Crippen LogP contribution in [-0.4, -0.2) is 42.8 Å². The van der Waals surface area contributed by atoms with Crippen molar-refractivity contribution < 1.29 is 4.74 Å². The van der Waals surface area contributed by atoms with Crippen LogP contribution in [0.4, 0.5) is 5.69 Å². The molecule has 0 spiro atoms. The summed E-state index contributed by atoms with van der Waals surface area (Å²) in [5.74, 6) is 0.882. The Morgan fingerprint density at radius 1 is 1.00 bits per heavy atom. The van der Waals surface area contributed by atoms with Gasteiger partial charge in [-0.2, -0.15) is 0 Å². The van der Waals surface area contributed by atoms with Crippen LogP contribution < -0.4 is 15.1 Å². The summed E-state index contributed by atoms with van der Waals surface area (Å²) in [6.07, 6.45) is 1.89. The van der Waals surface area contributed by atoms with E-state index in [0.717, 1.165) is 54.0 Å². The lowest BCUT2D eigenvalue weighted by molar-refractivity contribution is 0.209. The number of rotatable bonds is 4. The largest absolute Gasteiger partial charge is 0.497 e. The summed E-state index contributed by atoms with van der Waals surface area (Å²) in [6, 6.07) is 15.7. The molecule has 0 unspecified atom stereocenters. The summed E-state index contributed by atoms with van der Waals surface area (Å²) in [4.78, 5) is 17.0. The molecule has 27 heavy (non-hydrogen) atoms. The van der Waals surface area contributed by atoms with E-state index in [9.17, 15) is 4.79 Å². The number of pyridine rings is 1. The molecule has 0 aliphatic carbocycles. The smallest absolute Gasteiger partial charge is 0.189 e. The third-order valence-electron chi connectivity index (χ3n) is 5.11. The topological polar surface area (TPSA) is 37.7 Å². The average Bonchev–Trinajstić information content (AvgIpc) is 2.71. The minimum atomic E-state index is 0.0619. The normalized spacial score (nSPS) is 15.3. The predicted molar refractivity (Wildman–Crippen MR) is 113 cm³/mol. The summed E-state index contributed by atoms with van der Waals surface area (Å²) in [6.45, 7) is 4.68. The molecule has 1 aromatic heterocycles. The molecule has 2 heterocycles. The van der Waals surface area contributed by atoms with Crippen LogP contribution in [0.25, 0.3) is 10.9 Å². The molecule has 1 saturated heterocycles. The maximum atomic E-state index is 12.2. The van der Waals surface area contributed by atoms with Gasteiger partial charge in [-0.1, -0.05) is 6.07 Å². The quantitative estimate of drug-likeness (QED) is 0.637. The number of ether oxygens (including phenoxy) is 1. The second-order valence-electron chi connectivity index (χ2n) is 6.73. The fourth-order valence-electron chi connectivity index (χ4n) is 3.60. The van der Waals surface area contributed by atoms with E-state index in [1.165, 1.54) is 5.69 Å². The molecule has 1 aliphatic heterocycles. The van der Waals surface area contributed by atoms with Gasteiger partial charge in [0.25, 0.3) is 0 Å². The van der Waals surface area contributed by atoms with Crippen LogP contribution in [0.3, 0.4) is 0 Å². The van der Waals surface area contributed by atoms with Crippen LogP contribution in [0, 0.1) is 0 Å². The monoisotopic (exact) mass is 427 g/mol. The van der Waals surface area contributed by atoms with E-state index in [-0.39, 0.29) is 5.43 Å². The Bertz CT molecular complexity index is 992. The molecule has 140 valence electrons. The molecular weight excluding hydrogens is 406 g/mol. The van der Waals surface area contributed by atoms with Gasteiger partial charge in [-0.15, -0.1) is 0 Å². The second kappa shape index (κ2) is 7.74. The Balaban J connectivity index is 1.47. The van der Waals surface area contributed by atoms with Crippen molar-refractivity contribution in [2.75, 3.05) is 38.2 Å². The summed E-state index contributed by atoms with van der Waals surface area (Å²) in [5, 5.41) is 0.753. The number of piperazine rings is 1. The molecule has 1 aliphatic rings. The van der Waals surface area contributed by atoms with E-state index in [1.54, 1.807) is 13.2 Å². The Morgan fingerprint density at radius 3 is 2.44 bits per heavy atom. The lowest BCUT2D eigenvalue weighted by Gasteiger charge is -2.36. The van der Waals surface area contributed by atoms with E-state index in [2.05, 4.69) is 42.4 Å². The number of fused-ring (bicyclic) bond motifs is 1. The zero-order valence-corrected chi connectivity index (χ0v) is 16.9. The Morgan fingerprint density at radius 2 is 1.74 bits per heavy atom. The Hall–Kier alpha value is -2.31. The number of benzene rings is 2. The molecule has 2 aromatic carbocycles. The first kappa shape index (κ1) is 18.1. The van der Waals surface area contributed by atoms with Crippen molar-refractivity contribution in [2.24, 2.45) is 0 Å². The van der Waals surface area contributed by atoms with E-state index in [0.29, 0.717) is 0 Å². The van der Waals surface area contributed by atoms with Gasteiger partial charge in [0.2, 0.25) is 0 Å². The Kier molecular flexibility index (Phi) is 5.18. The van der Waals surface area contributed by atoms with Gasteiger partial charge in [-0.25, -0.2) is 0 Å². The predicted octanol–water partition coefficient (Wildman–Crippen LogP) is 3.55. The molecule has 3 aromatic rings. The second-order valence-corrected chi connectivity index (χ2v) is 7.58. The molecule has 0 saturated carbocycles. The van der Waals surface area contributed by atoms with Crippen LogP contribution in [0.1, 0.15) is 0 Å². The zero-order chi connectivity index (χ0) is 18.8. The zero-order valence-electron chi connectivity index (χ0n) is 15.3. The molecule has 6 heteroatoms. The van der Waals surface area contributed by atoms with Gasteiger partial charge < -0.3 is 14.2 Å². The average molecular weight is 428 g/mol. The van der Waals surface area contributed by atoms with Gasteiger partial charge in [-0.05, 0) is 52.3 Å². The van der Waals surface area contributed by atoms with Crippen molar-refractivity contribution in [3.05, 3.63) is 69.4 Å². The number of nitrogens with zero attached hydrogens (tertiary/aromatic N) is 3. The van der Waals surface area contributed by atoms with Crippen LogP contribution in [0.15, 0.2) is 64.0 Å². The molecule has 0 radical (unpaired) electrons. The van der Waals surface area contributed by atoms with Crippen LogP contribution in [0.5, 0.6) is 5.75 Å². The number of aromatic nitrogens is 1. The molecule has 5 nitrogen and oxygen atoms in total. The standard InChI is InChI=1S/C21H22BrN3O2/c1-27-17-7-5-16(6-8-17)24-13-11-23(12-14-24)15-25-10-9-20(26)18-3-2-4-19(22)21(18)25/h2-10H,11-15H2,1H3. The highest BCUT2D eigenvalue weighted by atomic mass is 79.9. The van der Waals surface area contributed by atoms with E-state index in [4.69, 9.17) is 4.74 Å². The third kappa shape index (κ3) is 3.73. The number of halogens is 1. The Labute approximate surface area is 166 Å². The van der Waals surface area contributed by atoms with E-state index < -0.39 is 0 Å². The molecule has 1 fully saturated rings. The fraction of sp³-hybridized carbons (Fsp3) is 0.286. The molecule has 0 bridgehead atoms. The van der Waals surface area contributed by atoms with Crippen molar-refractivity contribution >= 4 is 32.5 Å². The lowest BCUT2D eigenvalue weighted by atomic mass is 10.2. The van der Waals surface area contributed by atoms with E-state index in [1.807, 2.05) is 36.5 Å². The van der Waals surface area contributed by atoms with Gasteiger partial charge in [0.1, 0.15) is 5.75 Å². The lowest BCUT2D eigenvalue weighted by Crippen LogP contribution is -2.46. The molecule has 0 N–H and O–H groups in total. The highest BCUT2D eigenvalue weighted by Gasteiger charge is 2.18. The first-order valence-corrected chi connectivity index (χ1v) is 9.84. The van der Waals surface area contributed by atoms with Crippen LogP contribution in [0.2, 0.25) is 0 Å². The van der Waals surface area contributed by atoms with Crippen molar-refractivity contribution in [1.82, 2.24) is 9.47 Å². The minimum absolute atomic E-state index is 0.0619. The van der Waals surface area contributed by atoms with E-state index >= 15 is 0 Å². The summed E-state index contributed by atoms with van der Waals surface area (Å²) in [5.41, 5.74) is 2.25. The number of hydrogen-bond acceptors (Lipinski definition) is 4. The SMILES string of the molecule is COc1ccc(N2CCN(Cn3ccc(=O)c4cccc(Br)c43)CC2)cc1. The van der Waals surface area contributed by atoms with Gasteiger partial charge in [0, 0.05) is 54.0 Å². The van der Waals surface area contributed by atoms with Gasteiger partial charge in [0.05, 0.1) is 19.3 Å². The van der Waals surface area contributed by atoms with Crippen LogP contribution >= 0.6 is 15.9 Å². The summed E-state index contributed by atoms with van der Waals surface area (Å²) in [7, 11) is 1.69. The van der Waals surface area contributed by atoms with Crippen molar-refractivity contribution in [3.8, 4) is 5.75 Å². The molecule has 4 rings (SSSR count). The first-order valence-electron chi connectivity index (χ1n) is 9.05. The fourth-order valence-corrected chi connectivity index (χ4v) is 4.20. The summed E-state index contributed by atoms with van der Waals surface area (Å²) >= 11 is 3.60. The number of para-hydroxylation sites is 1. The molecule has 0 amide bonds. The number of anilines is 1. The highest BCUT2D eigenvalue weighted by Crippen LogP contribution is 2.23. The highest BCUT2D eigenvalue weighted by molar-refractivity contribution is 9.10. The molecular formula is C21H22BrN3O2. The van der Waals surface area contributed by atoms with Crippen molar-refractivity contribution in [1.29, 1.82) is 0 Å². The molecule has 0 atom stereocenters. The summed E-state index contributed by atoms with van der Waals surface area (Å²) < 4.78 is 8.35. The van der Waals surface area contributed by atoms with Crippen molar-refractivity contribution in [3.63, 3.8) is 0 Å². The number of hydrogen-bond donors (Lipinski definition) is 0. The van der Waals surface area contributed by atoms with Gasteiger partial charge in [0.15, 0.2) is 5.43 Å². The van der Waals surface area contributed by atoms with Crippen LogP contribution in [-0.2, 0) is 6.67 Å².